The van der Waals surface area contributed by atoms with Crippen LogP contribution in [0.4, 0.5) is 0 Å². The number of ether oxygens (including phenoxy) is 1. The Morgan fingerprint density at radius 2 is 1.74 bits per heavy atom. The van der Waals surface area contributed by atoms with Gasteiger partial charge in [-0.3, -0.25) is 0 Å². The first-order chi connectivity index (χ1) is 9.08. The second-order valence-electron chi connectivity index (χ2n) is 5.42. The average Bonchev–Trinajstić information content (AvgIpc) is 2.42. The Bertz CT molecular complexity index is 348. The van der Waals surface area contributed by atoms with Gasteiger partial charge in [0.25, 0.3) is 0 Å². The molecule has 0 amide bonds. The molecule has 1 unspecified atom stereocenters. The third-order valence-corrected chi connectivity index (χ3v) is 3.53. The highest BCUT2D eigenvalue weighted by Crippen LogP contribution is 2.19. The summed E-state index contributed by atoms with van der Waals surface area (Å²) in [5, 5.41) is 3.39. The molecule has 0 aliphatic carbocycles. The molecule has 108 valence electrons. The molecule has 0 saturated heterocycles. The molecule has 1 aromatic carbocycles. The summed E-state index contributed by atoms with van der Waals surface area (Å²) in [6.07, 6.45) is 0. The van der Waals surface area contributed by atoms with E-state index in [1.807, 2.05) is 7.05 Å². The van der Waals surface area contributed by atoms with Crippen molar-refractivity contribution in [2.45, 2.75) is 25.8 Å². The first-order valence-corrected chi connectivity index (χ1v) is 7.03. The highest BCUT2D eigenvalue weighted by molar-refractivity contribution is 5.27. The Hall–Kier alpha value is -0.900. The summed E-state index contributed by atoms with van der Waals surface area (Å²) < 4.78 is 5.11. The molecule has 0 aliphatic rings. The first kappa shape index (κ1) is 16.2. The molecule has 19 heavy (non-hydrogen) atoms. The molecule has 0 bridgehead atoms. The van der Waals surface area contributed by atoms with Crippen molar-refractivity contribution in [3.05, 3.63) is 35.4 Å². The van der Waals surface area contributed by atoms with Crippen molar-refractivity contribution in [3.63, 3.8) is 0 Å². The second-order valence-corrected chi connectivity index (χ2v) is 5.42. The lowest BCUT2D eigenvalue weighted by Crippen LogP contribution is -2.33. The number of hydrogen-bond acceptors (Lipinski definition) is 3. The molecule has 3 nitrogen and oxygen atoms in total. The standard InChI is InChI=1S/C16H28N2O/c1-13(2)14-6-8-15(9-7-14)16(17-3)12-18(4)10-11-19-5/h6-9,13,16-17H,10-12H2,1-5H3. The van der Waals surface area contributed by atoms with Crippen molar-refractivity contribution in [1.29, 1.82) is 0 Å². The Labute approximate surface area is 118 Å². The Morgan fingerprint density at radius 3 is 2.21 bits per heavy atom. The predicted molar refractivity (Wildman–Crippen MR) is 81.7 cm³/mol. The fourth-order valence-electron chi connectivity index (χ4n) is 2.13. The molecule has 1 atom stereocenters. The topological polar surface area (TPSA) is 24.5 Å². The molecule has 1 rings (SSSR count). The monoisotopic (exact) mass is 264 g/mol. The molecule has 0 fully saturated rings. The van der Waals surface area contributed by atoms with E-state index < -0.39 is 0 Å². The van der Waals surface area contributed by atoms with E-state index in [-0.39, 0.29) is 0 Å². The third kappa shape index (κ3) is 5.31. The van der Waals surface area contributed by atoms with Crippen LogP contribution in [0, 0.1) is 0 Å². The van der Waals surface area contributed by atoms with Gasteiger partial charge in [-0.25, -0.2) is 0 Å². The zero-order valence-electron chi connectivity index (χ0n) is 12.9. The third-order valence-electron chi connectivity index (χ3n) is 3.53. The summed E-state index contributed by atoms with van der Waals surface area (Å²) >= 11 is 0. The van der Waals surface area contributed by atoms with Gasteiger partial charge in [-0.05, 0) is 31.1 Å². The van der Waals surface area contributed by atoms with Crippen molar-refractivity contribution in [1.82, 2.24) is 10.2 Å². The lowest BCUT2D eigenvalue weighted by Gasteiger charge is -2.24. The quantitative estimate of drug-likeness (QED) is 0.781. The molecule has 0 radical (unpaired) electrons. The fourth-order valence-corrected chi connectivity index (χ4v) is 2.13. The van der Waals surface area contributed by atoms with E-state index in [9.17, 15) is 0 Å². The molecular formula is C16H28N2O. The van der Waals surface area contributed by atoms with Crippen LogP contribution in [0.15, 0.2) is 24.3 Å². The minimum absolute atomic E-state index is 0.364. The second kappa shape index (κ2) is 8.31. The SMILES string of the molecule is CNC(CN(C)CCOC)c1ccc(C(C)C)cc1. The van der Waals surface area contributed by atoms with Crippen LogP contribution in [0.25, 0.3) is 0 Å². The molecule has 0 spiro atoms. The molecule has 0 aliphatic heterocycles. The van der Waals surface area contributed by atoms with Crippen LogP contribution in [0.1, 0.15) is 36.9 Å². The van der Waals surface area contributed by atoms with Gasteiger partial charge in [0.05, 0.1) is 6.61 Å². The van der Waals surface area contributed by atoms with Crippen LogP contribution in [0.5, 0.6) is 0 Å². The Balaban J connectivity index is 2.63. The van der Waals surface area contributed by atoms with Gasteiger partial charge < -0.3 is 15.0 Å². The van der Waals surface area contributed by atoms with Gasteiger partial charge in [0.2, 0.25) is 0 Å². The maximum absolute atomic E-state index is 5.11. The van der Waals surface area contributed by atoms with Crippen LogP contribution < -0.4 is 5.32 Å². The molecule has 0 aromatic heterocycles. The smallest absolute Gasteiger partial charge is 0.0589 e. The van der Waals surface area contributed by atoms with Crippen LogP contribution >= 0.6 is 0 Å². The molecule has 1 N–H and O–H groups in total. The van der Waals surface area contributed by atoms with Crippen molar-refractivity contribution >= 4 is 0 Å². The number of benzene rings is 1. The van der Waals surface area contributed by atoms with E-state index in [4.69, 9.17) is 4.74 Å². The lowest BCUT2D eigenvalue weighted by atomic mass is 9.99. The fraction of sp³-hybridized carbons (Fsp3) is 0.625. The van der Waals surface area contributed by atoms with Gasteiger partial charge >= 0.3 is 0 Å². The zero-order chi connectivity index (χ0) is 14.3. The van der Waals surface area contributed by atoms with E-state index in [0.717, 1.165) is 19.7 Å². The van der Waals surface area contributed by atoms with Crippen LogP contribution in [-0.4, -0.2) is 45.8 Å². The van der Waals surface area contributed by atoms with Gasteiger partial charge in [0.15, 0.2) is 0 Å². The van der Waals surface area contributed by atoms with Gasteiger partial charge in [-0.15, -0.1) is 0 Å². The number of nitrogens with one attached hydrogen (secondary N) is 1. The van der Waals surface area contributed by atoms with Crippen molar-refractivity contribution < 1.29 is 4.74 Å². The average molecular weight is 264 g/mol. The number of hydrogen-bond donors (Lipinski definition) is 1. The van der Waals surface area contributed by atoms with Gasteiger partial charge in [0.1, 0.15) is 0 Å². The number of methoxy groups -OCH3 is 1. The highest BCUT2D eigenvalue weighted by atomic mass is 16.5. The van der Waals surface area contributed by atoms with Crippen LogP contribution in [0.2, 0.25) is 0 Å². The summed E-state index contributed by atoms with van der Waals surface area (Å²) in [6.45, 7) is 7.17. The van der Waals surface area contributed by atoms with Gasteiger partial charge in [0, 0.05) is 26.2 Å². The van der Waals surface area contributed by atoms with Crippen molar-refractivity contribution in [2.24, 2.45) is 0 Å². The predicted octanol–water partition coefficient (Wildman–Crippen LogP) is 2.65. The van der Waals surface area contributed by atoms with Crippen molar-refractivity contribution in [3.8, 4) is 0 Å². The Kier molecular flexibility index (Phi) is 7.06. The van der Waals surface area contributed by atoms with Gasteiger partial charge in [-0.1, -0.05) is 38.1 Å². The first-order valence-electron chi connectivity index (χ1n) is 7.03. The number of likely N-dealkylation sites (N-methyl/N-ethyl adjacent to an activating group) is 2. The molecule has 1 aromatic rings. The van der Waals surface area contributed by atoms with E-state index >= 15 is 0 Å². The number of nitrogens with zero attached hydrogens (tertiary/aromatic N) is 1. The summed E-state index contributed by atoms with van der Waals surface area (Å²) in [5.41, 5.74) is 2.74. The van der Waals surface area contributed by atoms with Crippen molar-refractivity contribution in [2.75, 3.05) is 40.9 Å². The van der Waals surface area contributed by atoms with Crippen LogP contribution in [0.3, 0.4) is 0 Å². The minimum Gasteiger partial charge on any atom is -0.383 e. The van der Waals surface area contributed by atoms with E-state index in [1.54, 1.807) is 7.11 Å². The lowest BCUT2D eigenvalue weighted by molar-refractivity contribution is 0.156. The highest BCUT2D eigenvalue weighted by Gasteiger charge is 2.12. The van der Waals surface area contributed by atoms with E-state index in [1.165, 1.54) is 11.1 Å². The van der Waals surface area contributed by atoms with E-state index in [0.29, 0.717) is 12.0 Å². The molecule has 0 saturated carbocycles. The van der Waals surface area contributed by atoms with Crippen LogP contribution in [-0.2, 0) is 4.74 Å². The summed E-state index contributed by atoms with van der Waals surface area (Å²) in [6, 6.07) is 9.31. The largest absolute Gasteiger partial charge is 0.383 e. The normalized spacial score (nSPS) is 13.2. The molecular weight excluding hydrogens is 236 g/mol. The zero-order valence-corrected chi connectivity index (χ0v) is 12.9. The van der Waals surface area contributed by atoms with E-state index in [2.05, 4.69) is 55.4 Å². The molecule has 3 heteroatoms. The maximum Gasteiger partial charge on any atom is 0.0589 e. The minimum atomic E-state index is 0.364. The number of rotatable bonds is 8. The maximum atomic E-state index is 5.11. The van der Waals surface area contributed by atoms with Gasteiger partial charge in [-0.2, -0.15) is 0 Å². The summed E-state index contributed by atoms with van der Waals surface area (Å²) in [4.78, 5) is 2.29. The molecule has 0 heterocycles. The summed E-state index contributed by atoms with van der Waals surface area (Å²) in [7, 11) is 5.89. The summed E-state index contributed by atoms with van der Waals surface area (Å²) in [5.74, 6) is 0.589. The Morgan fingerprint density at radius 1 is 1.16 bits per heavy atom.